The van der Waals surface area contributed by atoms with Crippen LogP contribution in [0.3, 0.4) is 0 Å². The highest BCUT2D eigenvalue weighted by Gasteiger charge is 2.14. The normalized spacial score (nSPS) is 10.8. The number of benzene rings is 1. The lowest BCUT2D eigenvalue weighted by molar-refractivity contribution is -0.116. The Morgan fingerprint density at radius 1 is 1.38 bits per heavy atom. The molecule has 0 spiro atoms. The van der Waals surface area contributed by atoms with Gasteiger partial charge in [-0.25, -0.2) is 4.39 Å². The van der Waals surface area contributed by atoms with E-state index in [0.717, 1.165) is 17.0 Å². The van der Waals surface area contributed by atoms with Gasteiger partial charge >= 0.3 is 0 Å². The number of hydrogen-bond acceptors (Lipinski definition) is 4. The maximum Gasteiger partial charge on any atom is 0.225 e. The molecule has 0 radical (unpaired) electrons. The predicted octanol–water partition coefficient (Wildman–Crippen LogP) is 3.39. The van der Waals surface area contributed by atoms with Gasteiger partial charge in [0.05, 0.1) is 11.9 Å². The molecule has 3 aromatic rings. The third-order valence-corrected chi connectivity index (χ3v) is 3.82. The van der Waals surface area contributed by atoms with Crippen molar-refractivity contribution in [2.75, 3.05) is 5.32 Å². The lowest BCUT2D eigenvalue weighted by Crippen LogP contribution is -2.13. The zero-order chi connectivity index (χ0) is 17.1. The molecule has 1 aromatic carbocycles. The van der Waals surface area contributed by atoms with Crippen LogP contribution in [0.5, 0.6) is 0 Å². The van der Waals surface area contributed by atoms with Gasteiger partial charge in [0, 0.05) is 17.5 Å². The van der Waals surface area contributed by atoms with Crippen molar-refractivity contribution in [1.29, 1.82) is 0 Å². The number of aromatic amines is 1. The number of anilines is 1. The molecule has 3 rings (SSSR count). The number of aryl methyl sites for hydroxylation is 2. The molecule has 2 N–H and O–H groups in total. The number of rotatable bonds is 5. The predicted molar refractivity (Wildman–Crippen MR) is 86.9 cm³/mol. The van der Waals surface area contributed by atoms with E-state index < -0.39 is 0 Å². The fourth-order valence-electron chi connectivity index (χ4n) is 2.56. The van der Waals surface area contributed by atoms with Gasteiger partial charge in [-0.1, -0.05) is 17.3 Å². The van der Waals surface area contributed by atoms with Gasteiger partial charge in [-0.05, 0) is 38.0 Å². The number of amides is 1. The van der Waals surface area contributed by atoms with E-state index in [0.29, 0.717) is 23.4 Å². The highest BCUT2D eigenvalue weighted by Crippen LogP contribution is 2.26. The quantitative estimate of drug-likeness (QED) is 0.752. The first-order valence-corrected chi connectivity index (χ1v) is 7.55. The molecule has 124 valence electrons. The zero-order valence-corrected chi connectivity index (χ0v) is 13.4. The zero-order valence-electron chi connectivity index (χ0n) is 13.4. The Labute approximate surface area is 138 Å². The Bertz CT molecular complexity index is 850. The van der Waals surface area contributed by atoms with Crippen molar-refractivity contribution in [2.24, 2.45) is 0 Å². The Hall–Kier alpha value is -2.96. The number of halogens is 1. The van der Waals surface area contributed by atoms with Crippen molar-refractivity contribution >= 4 is 11.7 Å². The van der Waals surface area contributed by atoms with Crippen molar-refractivity contribution in [3.63, 3.8) is 0 Å². The third kappa shape index (κ3) is 3.34. The number of hydrogen-bond donors (Lipinski definition) is 2. The SMILES string of the molecule is Cc1noc(C)c1CCC(=O)Nc1[nH]ncc1-c1cccc(F)c1. The molecule has 2 aromatic heterocycles. The van der Waals surface area contributed by atoms with Gasteiger partial charge in [-0.3, -0.25) is 9.89 Å². The number of carbonyl (C=O) groups is 1. The summed E-state index contributed by atoms with van der Waals surface area (Å²) < 4.78 is 18.5. The van der Waals surface area contributed by atoms with Crippen LogP contribution in [-0.4, -0.2) is 21.3 Å². The molecule has 0 aliphatic rings. The van der Waals surface area contributed by atoms with Gasteiger partial charge in [0.2, 0.25) is 5.91 Å². The van der Waals surface area contributed by atoms with Crippen LogP contribution in [-0.2, 0) is 11.2 Å². The van der Waals surface area contributed by atoms with Crippen LogP contribution in [0.4, 0.5) is 10.2 Å². The summed E-state index contributed by atoms with van der Waals surface area (Å²) in [4.78, 5) is 12.2. The van der Waals surface area contributed by atoms with Crippen LogP contribution in [0, 0.1) is 19.7 Å². The minimum Gasteiger partial charge on any atom is -0.361 e. The lowest BCUT2D eigenvalue weighted by atomic mass is 10.1. The first-order valence-electron chi connectivity index (χ1n) is 7.55. The van der Waals surface area contributed by atoms with Gasteiger partial charge in [0.15, 0.2) is 0 Å². The Morgan fingerprint density at radius 3 is 2.92 bits per heavy atom. The van der Waals surface area contributed by atoms with Crippen LogP contribution >= 0.6 is 0 Å². The molecule has 0 bridgehead atoms. The van der Waals surface area contributed by atoms with E-state index in [2.05, 4.69) is 20.7 Å². The molecule has 24 heavy (non-hydrogen) atoms. The highest BCUT2D eigenvalue weighted by molar-refractivity contribution is 5.94. The summed E-state index contributed by atoms with van der Waals surface area (Å²) >= 11 is 0. The second-order valence-electron chi connectivity index (χ2n) is 5.52. The van der Waals surface area contributed by atoms with Crippen LogP contribution in [0.25, 0.3) is 11.1 Å². The van der Waals surface area contributed by atoms with Crippen molar-refractivity contribution in [2.45, 2.75) is 26.7 Å². The molecule has 0 atom stereocenters. The summed E-state index contributed by atoms with van der Waals surface area (Å²) in [6.07, 6.45) is 2.37. The average Bonchev–Trinajstić information content (AvgIpc) is 3.13. The van der Waals surface area contributed by atoms with E-state index in [-0.39, 0.29) is 18.1 Å². The minimum absolute atomic E-state index is 0.170. The second kappa shape index (κ2) is 6.66. The maximum absolute atomic E-state index is 13.4. The molecular weight excluding hydrogens is 311 g/mol. The third-order valence-electron chi connectivity index (χ3n) is 3.82. The van der Waals surface area contributed by atoms with Crippen LogP contribution < -0.4 is 5.32 Å². The van der Waals surface area contributed by atoms with Crippen LogP contribution in [0.2, 0.25) is 0 Å². The van der Waals surface area contributed by atoms with Gasteiger partial charge in [0.1, 0.15) is 17.4 Å². The fraction of sp³-hybridized carbons (Fsp3) is 0.235. The summed E-state index contributed by atoms with van der Waals surface area (Å²) in [5.74, 6) is 0.660. The number of nitrogens with one attached hydrogen (secondary N) is 2. The molecule has 0 saturated carbocycles. The Kier molecular flexibility index (Phi) is 4.41. The summed E-state index contributed by atoms with van der Waals surface area (Å²) in [5, 5.41) is 13.3. The summed E-state index contributed by atoms with van der Waals surface area (Å²) in [6.45, 7) is 3.67. The van der Waals surface area contributed by atoms with E-state index in [1.54, 1.807) is 18.3 Å². The largest absolute Gasteiger partial charge is 0.361 e. The van der Waals surface area contributed by atoms with Gasteiger partial charge in [-0.2, -0.15) is 5.10 Å². The smallest absolute Gasteiger partial charge is 0.225 e. The van der Waals surface area contributed by atoms with Crippen LogP contribution in [0.15, 0.2) is 35.0 Å². The molecule has 2 heterocycles. The lowest BCUT2D eigenvalue weighted by Gasteiger charge is -2.06. The second-order valence-corrected chi connectivity index (χ2v) is 5.52. The molecule has 7 heteroatoms. The van der Waals surface area contributed by atoms with Crippen LogP contribution in [0.1, 0.15) is 23.4 Å². The maximum atomic E-state index is 13.4. The fourth-order valence-corrected chi connectivity index (χ4v) is 2.56. The number of carbonyl (C=O) groups excluding carboxylic acids is 1. The summed E-state index contributed by atoms with van der Waals surface area (Å²) in [6, 6.07) is 6.13. The van der Waals surface area contributed by atoms with Gasteiger partial charge in [-0.15, -0.1) is 0 Å². The van der Waals surface area contributed by atoms with Crippen molar-refractivity contribution in [3.8, 4) is 11.1 Å². The first kappa shape index (κ1) is 15.9. The molecule has 0 saturated heterocycles. The van der Waals surface area contributed by atoms with E-state index >= 15 is 0 Å². The molecule has 6 nitrogen and oxygen atoms in total. The standard InChI is InChI=1S/C17H17FN4O2/c1-10-14(11(2)24-22-10)6-7-16(23)20-17-15(9-19-21-17)12-4-3-5-13(18)8-12/h3-5,8-9H,6-7H2,1-2H3,(H2,19,20,21,23). The monoisotopic (exact) mass is 328 g/mol. The molecule has 0 aliphatic carbocycles. The van der Waals surface area contributed by atoms with E-state index in [9.17, 15) is 9.18 Å². The summed E-state index contributed by atoms with van der Waals surface area (Å²) in [7, 11) is 0. The topological polar surface area (TPSA) is 83.8 Å². The summed E-state index contributed by atoms with van der Waals surface area (Å²) in [5.41, 5.74) is 3.02. The molecule has 1 amide bonds. The van der Waals surface area contributed by atoms with E-state index in [1.807, 2.05) is 13.8 Å². The van der Waals surface area contributed by atoms with Crippen molar-refractivity contribution in [1.82, 2.24) is 15.4 Å². The van der Waals surface area contributed by atoms with Gasteiger partial charge in [0.25, 0.3) is 0 Å². The van der Waals surface area contributed by atoms with Crippen molar-refractivity contribution < 1.29 is 13.7 Å². The first-order chi connectivity index (χ1) is 11.5. The Morgan fingerprint density at radius 2 is 2.21 bits per heavy atom. The number of aromatic nitrogens is 3. The van der Waals surface area contributed by atoms with Gasteiger partial charge < -0.3 is 9.84 Å². The van der Waals surface area contributed by atoms with E-state index in [4.69, 9.17) is 4.52 Å². The highest BCUT2D eigenvalue weighted by atomic mass is 19.1. The Balaban J connectivity index is 1.69. The number of nitrogens with zero attached hydrogens (tertiary/aromatic N) is 2. The minimum atomic E-state index is -0.343. The molecular formula is C17H17FN4O2. The van der Waals surface area contributed by atoms with E-state index in [1.165, 1.54) is 12.1 Å². The molecule has 0 aliphatic heterocycles. The van der Waals surface area contributed by atoms with Crippen molar-refractivity contribution in [3.05, 3.63) is 53.3 Å². The molecule has 0 unspecified atom stereocenters. The molecule has 0 fully saturated rings. The number of H-pyrrole nitrogens is 1. The average molecular weight is 328 g/mol.